The summed E-state index contributed by atoms with van der Waals surface area (Å²) < 4.78 is 0.985. The SMILES string of the molecule is O=C(O)CCNC(=O)NCc1ccsc1Br. The molecule has 0 aliphatic rings. The highest BCUT2D eigenvalue weighted by Crippen LogP contribution is 2.22. The van der Waals surface area contributed by atoms with Crippen molar-refractivity contribution >= 4 is 39.3 Å². The minimum absolute atomic E-state index is 0.0738. The van der Waals surface area contributed by atoms with Crippen LogP contribution in [0.1, 0.15) is 12.0 Å². The third kappa shape index (κ3) is 4.63. The van der Waals surface area contributed by atoms with E-state index >= 15 is 0 Å². The van der Waals surface area contributed by atoms with E-state index in [-0.39, 0.29) is 19.0 Å². The second-order valence-corrected chi connectivity index (χ2v) is 5.21. The molecule has 1 rings (SSSR count). The molecule has 0 unspecified atom stereocenters. The van der Waals surface area contributed by atoms with Crippen molar-refractivity contribution in [3.05, 3.63) is 20.8 Å². The van der Waals surface area contributed by atoms with Gasteiger partial charge in [0.05, 0.1) is 10.2 Å². The van der Waals surface area contributed by atoms with Crippen molar-refractivity contribution in [3.63, 3.8) is 0 Å². The molecule has 88 valence electrons. The Hall–Kier alpha value is -1.08. The average Bonchev–Trinajstić information content (AvgIpc) is 2.60. The number of aliphatic carboxylic acids is 1. The van der Waals surface area contributed by atoms with E-state index in [9.17, 15) is 9.59 Å². The molecular formula is C9H11BrN2O3S. The van der Waals surface area contributed by atoms with Gasteiger partial charge in [-0.2, -0.15) is 0 Å². The predicted octanol–water partition coefficient (Wildman–Crippen LogP) is 1.78. The van der Waals surface area contributed by atoms with Crippen LogP contribution >= 0.6 is 27.3 Å². The number of nitrogens with one attached hydrogen (secondary N) is 2. The first-order valence-corrected chi connectivity index (χ1v) is 6.22. The fraction of sp³-hybridized carbons (Fsp3) is 0.333. The Bertz CT molecular complexity index is 381. The van der Waals surface area contributed by atoms with Crippen LogP contribution in [-0.2, 0) is 11.3 Å². The van der Waals surface area contributed by atoms with Crippen LogP contribution in [0.15, 0.2) is 15.2 Å². The van der Waals surface area contributed by atoms with Gasteiger partial charge in [-0.1, -0.05) is 0 Å². The molecule has 0 radical (unpaired) electrons. The molecule has 0 atom stereocenters. The Morgan fingerprint density at radius 3 is 2.75 bits per heavy atom. The number of urea groups is 1. The Kier molecular flexibility index (Phi) is 5.27. The van der Waals surface area contributed by atoms with Crippen LogP contribution in [0.3, 0.4) is 0 Å². The van der Waals surface area contributed by atoms with Crippen molar-refractivity contribution in [2.45, 2.75) is 13.0 Å². The summed E-state index contributed by atoms with van der Waals surface area (Å²) in [5.41, 5.74) is 0.999. The molecule has 0 spiro atoms. The summed E-state index contributed by atoms with van der Waals surface area (Å²) in [6.07, 6.45) is -0.0738. The van der Waals surface area contributed by atoms with Crippen molar-refractivity contribution in [2.24, 2.45) is 0 Å². The van der Waals surface area contributed by atoms with Gasteiger partial charge in [0.1, 0.15) is 0 Å². The van der Waals surface area contributed by atoms with Gasteiger partial charge in [0, 0.05) is 13.1 Å². The Balaban J connectivity index is 2.20. The lowest BCUT2D eigenvalue weighted by Crippen LogP contribution is -2.36. The molecule has 1 heterocycles. The number of amides is 2. The molecule has 5 nitrogen and oxygen atoms in total. The van der Waals surface area contributed by atoms with Gasteiger partial charge in [-0.05, 0) is 32.9 Å². The monoisotopic (exact) mass is 306 g/mol. The van der Waals surface area contributed by atoms with Crippen molar-refractivity contribution < 1.29 is 14.7 Å². The molecule has 2 amide bonds. The Labute approximate surface area is 105 Å². The fourth-order valence-corrected chi connectivity index (χ4v) is 2.21. The highest BCUT2D eigenvalue weighted by molar-refractivity contribution is 9.11. The number of carbonyl (C=O) groups excluding carboxylic acids is 1. The maximum atomic E-state index is 11.2. The third-order valence-electron chi connectivity index (χ3n) is 1.76. The number of hydrogen-bond acceptors (Lipinski definition) is 3. The van der Waals surface area contributed by atoms with Gasteiger partial charge < -0.3 is 15.7 Å². The minimum atomic E-state index is -0.930. The first kappa shape index (κ1) is 13.0. The summed E-state index contributed by atoms with van der Waals surface area (Å²) in [6, 6.07) is 1.55. The largest absolute Gasteiger partial charge is 0.481 e. The van der Waals surface area contributed by atoms with E-state index in [1.165, 1.54) is 0 Å². The van der Waals surface area contributed by atoms with Crippen LogP contribution < -0.4 is 10.6 Å². The maximum absolute atomic E-state index is 11.2. The van der Waals surface area contributed by atoms with Gasteiger partial charge in [0.2, 0.25) is 0 Å². The number of thiophene rings is 1. The normalized spacial score (nSPS) is 9.81. The molecule has 0 saturated carbocycles. The van der Waals surface area contributed by atoms with E-state index in [4.69, 9.17) is 5.11 Å². The van der Waals surface area contributed by atoms with E-state index in [0.29, 0.717) is 6.54 Å². The Morgan fingerprint density at radius 1 is 1.44 bits per heavy atom. The van der Waals surface area contributed by atoms with Crippen molar-refractivity contribution in [1.82, 2.24) is 10.6 Å². The second-order valence-electron chi connectivity index (χ2n) is 2.97. The zero-order valence-corrected chi connectivity index (χ0v) is 10.7. The number of carboxylic acids is 1. The predicted molar refractivity (Wildman–Crippen MR) is 64.5 cm³/mol. The maximum Gasteiger partial charge on any atom is 0.315 e. The molecule has 3 N–H and O–H groups in total. The van der Waals surface area contributed by atoms with E-state index in [1.807, 2.05) is 11.4 Å². The number of hydrogen-bond donors (Lipinski definition) is 3. The summed E-state index contributed by atoms with van der Waals surface area (Å²) in [5.74, 6) is -0.930. The summed E-state index contributed by atoms with van der Waals surface area (Å²) >= 11 is 4.90. The van der Waals surface area contributed by atoms with Crippen LogP contribution in [0.2, 0.25) is 0 Å². The summed E-state index contributed by atoms with van der Waals surface area (Å²) in [5, 5.41) is 15.4. The number of rotatable bonds is 5. The first-order chi connectivity index (χ1) is 7.59. The van der Waals surface area contributed by atoms with E-state index < -0.39 is 5.97 Å². The molecule has 0 aliphatic carbocycles. The quantitative estimate of drug-likeness (QED) is 0.776. The van der Waals surface area contributed by atoms with Gasteiger partial charge in [0.15, 0.2) is 0 Å². The second kappa shape index (κ2) is 6.49. The molecule has 16 heavy (non-hydrogen) atoms. The van der Waals surface area contributed by atoms with Crippen LogP contribution in [0, 0.1) is 0 Å². The van der Waals surface area contributed by atoms with Crippen molar-refractivity contribution in [1.29, 1.82) is 0 Å². The zero-order chi connectivity index (χ0) is 12.0. The molecule has 1 aromatic rings. The standard InChI is InChI=1S/C9H11BrN2O3S/c10-8-6(2-4-16-8)5-12-9(15)11-3-1-7(13)14/h2,4H,1,3,5H2,(H,13,14)(H2,11,12,15). The smallest absolute Gasteiger partial charge is 0.315 e. The van der Waals surface area contributed by atoms with Crippen LogP contribution in [0.4, 0.5) is 4.79 Å². The van der Waals surface area contributed by atoms with Gasteiger partial charge in [0.25, 0.3) is 0 Å². The van der Waals surface area contributed by atoms with Crippen LogP contribution in [0.25, 0.3) is 0 Å². The van der Waals surface area contributed by atoms with Crippen LogP contribution in [-0.4, -0.2) is 23.7 Å². The van der Waals surface area contributed by atoms with Gasteiger partial charge in [-0.25, -0.2) is 4.79 Å². The highest BCUT2D eigenvalue weighted by atomic mass is 79.9. The molecule has 0 aliphatic heterocycles. The summed E-state index contributed by atoms with van der Waals surface area (Å²) in [4.78, 5) is 21.4. The Morgan fingerprint density at radius 2 is 2.19 bits per heavy atom. The van der Waals surface area contributed by atoms with Gasteiger partial charge in [-0.15, -0.1) is 11.3 Å². The summed E-state index contributed by atoms with van der Waals surface area (Å²) in [7, 11) is 0. The third-order valence-corrected chi connectivity index (χ3v) is 3.57. The van der Waals surface area contributed by atoms with Crippen molar-refractivity contribution in [2.75, 3.05) is 6.54 Å². The molecule has 0 saturated heterocycles. The minimum Gasteiger partial charge on any atom is -0.481 e. The highest BCUT2D eigenvalue weighted by Gasteiger charge is 2.04. The lowest BCUT2D eigenvalue weighted by Gasteiger charge is -2.05. The lowest BCUT2D eigenvalue weighted by molar-refractivity contribution is -0.136. The zero-order valence-electron chi connectivity index (χ0n) is 8.33. The number of carbonyl (C=O) groups is 2. The van der Waals surface area contributed by atoms with E-state index in [2.05, 4.69) is 26.6 Å². The van der Waals surface area contributed by atoms with Gasteiger partial charge >= 0.3 is 12.0 Å². The molecular weight excluding hydrogens is 296 g/mol. The topological polar surface area (TPSA) is 78.4 Å². The lowest BCUT2D eigenvalue weighted by atomic mass is 10.3. The summed E-state index contributed by atoms with van der Waals surface area (Å²) in [6.45, 7) is 0.551. The number of carboxylic acid groups (broad SMARTS) is 1. The molecule has 0 fully saturated rings. The van der Waals surface area contributed by atoms with Crippen molar-refractivity contribution in [3.8, 4) is 0 Å². The molecule has 7 heteroatoms. The molecule has 0 aromatic carbocycles. The van der Waals surface area contributed by atoms with E-state index in [0.717, 1.165) is 9.35 Å². The van der Waals surface area contributed by atoms with E-state index in [1.54, 1.807) is 11.3 Å². The first-order valence-electron chi connectivity index (χ1n) is 4.55. The van der Waals surface area contributed by atoms with Crippen LogP contribution in [0.5, 0.6) is 0 Å². The molecule has 1 aromatic heterocycles. The average molecular weight is 307 g/mol. The number of halogens is 1. The van der Waals surface area contributed by atoms with Gasteiger partial charge in [-0.3, -0.25) is 4.79 Å². The molecule has 0 bridgehead atoms. The fourth-order valence-electron chi connectivity index (χ4n) is 0.966.